The predicted octanol–water partition coefficient (Wildman–Crippen LogP) is 4.70. The van der Waals surface area contributed by atoms with Crippen LogP contribution < -0.4 is 0 Å². The van der Waals surface area contributed by atoms with Gasteiger partial charge in [-0.25, -0.2) is 0 Å². The molecule has 4 rings (SSSR count). The summed E-state index contributed by atoms with van der Waals surface area (Å²) >= 11 is 6.27. The molecule has 0 fully saturated rings. The number of likely N-dealkylation sites (N-methyl/N-ethyl adjacent to an activating group) is 1. The zero-order chi connectivity index (χ0) is 17.6. The number of hydrogen-bond donors (Lipinski definition) is 0. The lowest BCUT2D eigenvalue weighted by atomic mass is 10.0. The van der Waals surface area contributed by atoms with E-state index in [0.29, 0.717) is 0 Å². The van der Waals surface area contributed by atoms with Gasteiger partial charge in [-0.05, 0) is 54.9 Å². The molecule has 3 heterocycles. The van der Waals surface area contributed by atoms with E-state index >= 15 is 0 Å². The van der Waals surface area contributed by atoms with Crippen molar-refractivity contribution in [2.45, 2.75) is 26.4 Å². The van der Waals surface area contributed by atoms with Crippen molar-refractivity contribution in [1.29, 1.82) is 0 Å². The minimum absolute atomic E-state index is 0.780. The summed E-state index contributed by atoms with van der Waals surface area (Å²) in [6.07, 6.45) is 2.97. The van der Waals surface area contributed by atoms with Gasteiger partial charge in [-0.3, -0.25) is 4.98 Å². The molecule has 0 radical (unpaired) electrons. The molecule has 0 amide bonds. The number of fused-ring (bicyclic) bond motifs is 3. The fourth-order valence-electron chi connectivity index (χ4n) is 3.70. The molecule has 0 saturated carbocycles. The first kappa shape index (κ1) is 16.4. The Kier molecular flexibility index (Phi) is 4.14. The number of benzene rings is 1. The standard InChI is InChI=1S/C21H22ClN3/c1-14(16-5-4-15(2)23-11-16)12-25-20-7-6-17(22)10-18(20)19-13-24(3)9-8-21(19)25/h4-7,10-11H,1,8-9,12-13H2,2-3H3. The average molecular weight is 352 g/mol. The Morgan fingerprint density at radius 1 is 1.28 bits per heavy atom. The van der Waals surface area contributed by atoms with E-state index in [1.54, 1.807) is 0 Å². The second-order valence-corrected chi connectivity index (χ2v) is 7.39. The monoisotopic (exact) mass is 351 g/mol. The summed E-state index contributed by atoms with van der Waals surface area (Å²) in [5, 5.41) is 2.06. The summed E-state index contributed by atoms with van der Waals surface area (Å²) in [5.41, 5.74) is 7.27. The first-order valence-corrected chi connectivity index (χ1v) is 8.99. The van der Waals surface area contributed by atoms with Crippen molar-refractivity contribution in [3.05, 3.63) is 70.6 Å². The number of rotatable bonds is 3. The van der Waals surface area contributed by atoms with Crippen molar-refractivity contribution in [1.82, 2.24) is 14.5 Å². The lowest BCUT2D eigenvalue weighted by Crippen LogP contribution is -2.27. The highest BCUT2D eigenvalue weighted by atomic mass is 35.5. The molecular formula is C21H22ClN3. The number of pyridine rings is 1. The molecule has 0 atom stereocenters. The van der Waals surface area contributed by atoms with Crippen LogP contribution in [0.4, 0.5) is 0 Å². The number of aryl methyl sites for hydroxylation is 1. The maximum absolute atomic E-state index is 6.27. The van der Waals surface area contributed by atoms with E-state index in [4.69, 9.17) is 11.6 Å². The van der Waals surface area contributed by atoms with Crippen LogP contribution in [0.1, 0.15) is 22.5 Å². The Bertz CT molecular complexity index is 953. The van der Waals surface area contributed by atoms with Gasteiger partial charge in [-0.2, -0.15) is 0 Å². The Labute approximate surface area is 153 Å². The first-order chi connectivity index (χ1) is 12.0. The molecule has 25 heavy (non-hydrogen) atoms. The van der Waals surface area contributed by atoms with Gasteiger partial charge in [0.25, 0.3) is 0 Å². The maximum Gasteiger partial charge on any atom is 0.0490 e. The molecule has 1 aromatic carbocycles. The van der Waals surface area contributed by atoms with E-state index in [0.717, 1.165) is 47.9 Å². The van der Waals surface area contributed by atoms with Gasteiger partial charge < -0.3 is 9.47 Å². The molecule has 0 bridgehead atoms. The number of allylic oxidation sites excluding steroid dienone is 1. The van der Waals surface area contributed by atoms with Crippen LogP contribution in [-0.4, -0.2) is 28.0 Å². The van der Waals surface area contributed by atoms with Crippen molar-refractivity contribution in [2.75, 3.05) is 13.6 Å². The van der Waals surface area contributed by atoms with E-state index in [9.17, 15) is 0 Å². The van der Waals surface area contributed by atoms with Gasteiger partial charge >= 0.3 is 0 Å². The maximum atomic E-state index is 6.27. The third-order valence-electron chi connectivity index (χ3n) is 5.08. The number of hydrogen-bond acceptors (Lipinski definition) is 2. The Balaban J connectivity index is 1.79. The molecule has 1 aliphatic rings. The molecule has 0 unspecified atom stereocenters. The van der Waals surface area contributed by atoms with Crippen molar-refractivity contribution in [3.63, 3.8) is 0 Å². The third-order valence-corrected chi connectivity index (χ3v) is 5.31. The van der Waals surface area contributed by atoms with E-state index in [2.05, 4.69) is 46.3 Å². The molecule has 3 nitrogen and oxygen atoms in total. The van der Waals surface area contributed by atoms with Crippen LogP contribution in [0.5, 0.6) is 0 Å². The normalized spacial score (nSPS) is 14.7. The van der Waals surface area contributed by atoms with Gasteiger partial charge in [0.1, 0.15) is 0 Å². The largest absolute Gasteiger partial charge is 0.340 e. The van der Waals surface area contributed by atoms with Gasteiger partial charge in [0, 0.05) is 59.6 Å². The predicted molar refractivity (Wildman–Crippen MR) is 105 cm³/mol. The highest BCUT2D eigenvalue weighted by Gasteiger charge is 2.22. The Morgan fingerprint density at radius 3 is 2.88 bits per heavy atom. The lowest BCUT2D eigenvalue weighted by Gasteiger charge is -2.24. The van der Waals surface area contributed by atoms with Crippen molar-refractivity contribution in [2.24, 2.45) is 0 Å². The summed E-state index contributed by atoms with van der Waals surface area (Å²) < 4.78 is 2.41. The van der Waals surface area contributed by atoms with Crippen LogP contribution in [0.2, 0.25) is 5.02 Å². The lowest BCUT2D eigenvalue weighted by molar-refractivity contribution is 0.310. The van der Waals surface area contributed by atoms with E-state index in [-0.39, 0.29) is 0 Å². The van der Waals surface area contributed by atoms with Gasteiger partial charge in [0.2, 0.25) is 0 Å². The highest BCUT2D eigenvalue weighted by molar-refractivity contribution is 6.31. The fourth-order valence-corrected chi connectivity index (χ4v) is 3.87. The number of halogens is 1. The summed E-state index contributed by atoms with van der Waals surface area (Å²) in [6.45, 7) is 9.15. The second kappa shape index (κ2) is 6.32. The molecule has 0 N–H and O–H groups in total. The first-order valence-electron chi connectivity index (χ1n) is 8.62. The smallest absolute Gasteiger partial charge is 0.0490 e. The zero-order valence-electron chi connectivity index (χ0n) is 14.7. The molecule has 0 aliphatic carbocycles. The van der Waals surface area contributed by atoms with Crippen LogP contribution in [0.15, 0.2) is 43.1 Å². The number of aromatic nitrogens is 2. The van der Waals surface area contributed by atoms with Crippen LogP contribution in [0.25, 0.3) is 16.5 Å². The third kappa shape index (κ3) is 2.99. The molecule has 128 valence electrons. The van der Waals surface area contributed by atoms with Crippen molar-refractivity contribution < 1.29 is 0 Å². The highest BCUT2D eigenvalue weighted by Crippen LogP contribution is 2.33. The second-order valence-electron chi connectivity index (χ2n) is 6.95. The quantitative estimate of drug-likeness (QED) is 0.682. The molecule has 4 heteroatoms. The van der Waals surface area contributed by atoms with E-state index < -0.39 is 0 Å². The fraction of sp³-hybridized carbons (Fsp3) is 0.286. The van der Waals surface area contributed by atoms with Crippen LogP contribution in [-0.2, 0) is 19.5 Å². The van der Waals surface area contributed by atoms with Crippen LogP contribution in [0, 0.1) is 6.92 Å². The summed E-state index contributed by atoms with van der Waals surface area (Å²) in [5.74, 6) is 0. The minimum Gasteiger partial charge on any atom is -0.340 e. The van der Waals surface area contributed by atoms with Gasteiger partial charge in [0.15, 0.2) is 0 Å². The molecular weight excluding hydrogens is 330 g/mol. The summed E-state index contributed by atoms with van der Waals surface area (Å²) in [6, 6.07) is 10.4. The van der Waals surface area contributed by atoms with Gasteiger partial charge in [-0.15, -0.1) is 0 Å². The Hall–Kier alpha value is -2.10. The molecule has 0 saturated heterocycles. The summed E-state index contributed by atoms with van der Waals surface area (Å²) in [4.78, 5) is 6.77. The summed E-state index contributed by atoms with van der Waals surface area (Å²) in [7, 11) is 2.17. The van der Waals surface area contributed by atoms with E-state index in [1.165, 1.54) is 22.2 Å². The molecule has 1 aliphatic heterocycles. The molecule has 0 spiro atoms. The van der Waals surface area contributed by atoms with E-state index in [1.807, 2.05) is 25.3 Å². The average Bonchev–Trinajstić information content (AvgIpc) is 2.88. The van der Waals surface area contributed by atoms with Crippen LogP contribution in [0.3, 0.4) is 0 Å². The zero-order valence-corrected chi connectivity index (χ0v) is 15.5. The van der Waals surface area contributed by atoms with Gasteiger partial charge in [0.05, 0.1) is 0 Å². The molecule has 3 aromatic rings. The Morgan fingerprint density at radius 2 is 2.12 bits per heavy atom. The molecule has 2 aromatic heterocycles. The SMILES string of the molecule is C=C(Cn1c2c(c3cc(Cl)ccc31)CN(C)CC2)c1ccc(C)nc1. The van der Waals surface area contributed by atoms with Crippen molar-refractivity contribution in [3.8, 4) is 0 Å². The number of nitrogens with zero attached hydrogens (tertiary/aromatic N) is 3. The van der Waals surface area contributed by atoms with Gasteiger partial charge in [-0.1, -0.05) is 24.2 Å². The van der Waals surface area contributed by atoms with Crippen LogP contribution >= 0.6 is 11.6 Å². The minimum atomic E-state index is 0.780. The van der Waals surface area contributed by atoms with Crippen molar-refractivity contribution >= 4 is 28.1 Å². The topological polar surface area (TPSA) is 21.1 Å².